The lowest BCUT2D eigenvalue weighted by Crippen LogP contribution is -2.54. The Morgan fingerprint density at radius 2 is 1.90 bits per heavy atom. The summed E-state index contributed by atoms with van der Waals surface area (Å²) in [5.41, 5.74) is 0.248. The van der Waals surface area contributed by atoms with Crippen LogP contribution in [0.25, 0.3) is 0 Å². The van der Waals surface area contributed by atoms with Crippen molar-refractivity contribution in [3.05, 3.63) is 33.8 Å². The third-order valence-electron chi connectivity index (χ3n) is 3.09. The second-order valence-electron chi connectivity index (χ2n) is 4.50. The van der Waals surface area contributed by atoms with Gasteiger partial charge >= 0.3 is 11.8 Å². The summed E-state index contributed by atoms with van der Waals surface area (Å²) in [4.78, 5) is 38.0. The van der Waals surface area contributed by atoms with Gasteiger partial charge in [-0.15, -0.1) is 0 Å². The molecule has 0 aromatic heterocycles. The van der Waals surface area contributed by atoms with E-state index in [1.807, 2.05) is 0 Å². The molecule has 0 saturated carbocycles. The number of carbonyl (C=O) groups excluding carboxylic acids is 3. The van der Waals surface area contributed by atoms with Gasteiger partial charge in [-0.3, -0.25) is 14.4 Å². The molecule has 1 aliphatic rings. The maximum atomic E-state index is 12.2. The summed E-state index contributed by atoms with van der Waals surface area (Å²) in [5, 5.41) is 0.658. The average Bonchev–Trinajstić information content (AvgIpc) is 2.42. The van der Waals surface area contributed by atoms with Crippen LogP contribution in [-0.4, -0.2) is 54.1 Å². The summed E-state index contributed by atoms with van der Waals surface area (Å²) >= 11 is 11.8. The Hall–Kier alpha value is -1.59. The molecule has 1 heterocycles. The van der Waals surface area contributed by atoms with Crippen molar-refractivity contribution < 1.29 is 14.4 Å². The Morgan fingerprint density at radius 1 is 1.20 bits per heavy atom. The Balaban J connectivity index is 2.14. The molecule has 1 saturated heterocycles. The smallest absolute Gasteiger partial charge is 0.312 e. The van der Waals surface area contributed by atoms with Crippen molar-refractivity contribution in [2.24, 2.45) is 0 Å². The van der Waals surface area contributed by atoms with Gasteiger partial charge in [0.25, 0.3) is 0 Å². The Morgan fingerprint density at radius 3 is 2.60 bits per heavy atom. The monoisotopic (exact) mass is 314 g/mol. The van der Waals surface area contributed by atoms with Gasteiger partial charge in [-0.1, -0.05) is 23.2 Å². The van der Waals surface area contributed by atoms with Gasteiger partial charge < -0.3 is 9.80 Å². The summed E-state index contributed by atoms with van der Waals surface area (Å²) in [6.07, 6.45) is 0. The predicted molar refractivity (Wildman–Crippen MR) is 75.0 cm³/mol. The van der Waals surface area contributed by atoms with Crippen LogP contribution in [0.3, 0.4) is 0 Å². The number of nitrogens with zero attached hydrogens (tertiary/aromatic N) is 2. The van der Waals surface area contributed by atoms with Gasteiger partial charge in [0.05, 0.1) is 11.6 Å². The second-order valence-corrected chi connectivity index (χ2v) is 5.34. The van der Waals surface area contributed by atoms with E-state index in [0.29, 0.717) is 18.1 Å². The molecule has 0 atom stereocenters. The first-order chi connectivity index (χ1) is 9.40. The number of hydrogen-bond donors (Lipinski definition) is 0. The number of amides is 2. The van der Waals surface area contributed by atoms with Crippen LogP contribution >= 0.6 is 23.2 Å². The molecular formula is C13H12Cl2N2O3. The van der Waals surface area contributed by atoms with Crippen LogP contribution in [0.2, 0.25) is 10.0 Å². The number of ketones is 1. The van der Waals surface area contributed by atoms with Crippen molar-refractivity contribution in [2.45, 2.75) is 0 Å². The fourth-order valence-electron chi connectivity index (χ4n) is 1.89. The summed E-state index contributed by atoms with van der Waals surface area (Å²) in [5.74, 6) is -1.63. The molecule has 0 bridgehead atoms. The molecule has 0 N–H and O–H groups in total. The Labute approximate surface area is 126 Å². The number of piperazine rings is 1. The van der Waals surface area contributed by atoms with E-state index in [0.717, 1.165) is 0 Å². The summed E-state index contributed by atoms with van der Waals surface area (Å²) in [6.45, 7) is 0.546. The SMILES string of the molecule is CN1CCN(CC(=O)c2cc(Cl)ccc2Cl)C(=O)C1=O. The minimum Gasteiger partial charge on any atom is -0.336 e. The first kappa shape index (κ1) is 14.8. The van der Waals surface area contributed by atoms with E-state index in [9.17, 15) is 14.4 Å². The Bertz CT molecular complexity index is 589. The molecule has 1 aliphatic heterocycles. The highest BCUT2D eigenvalue weighted by Gasteiger charge is 2.31. The predicted octanol–water partition coefficient (Wildman–Crippen LogP) is 1.48. The van der Waals surface area contributed by atoms with Crippen LogP contribution in [-0.2, 0) is 9.59 Å². The summed E-state index contributed by atoms with van der Waals surface area (Å²) in [7, 11) is 1.55. The van der Waals surface area contributed by atoms with Gasteiger partial charge in [-0.25, -0.2) is 0 Å². The van der Waals surface area contributed by atoms with E-state index in [2.05, 4.69) is 0 Å². The number of benzene rings is 1. The van der Waals surface area contributed by atoms with Gasteiger partial charge in [0.1, 0.15) is 0 Å². The van der Waals surface area contributed by atoms with Crippen LogP contribution in [0.4, 0.5) is 0 Å². The van der Waals surface area contributed by atoms with E-state index in [1.54, 1.807) is 13.1 Å². The number of rotatable bonds is 3. The molecule has 1 fully saturated rings. The highest BCUT2D eigenvalue weighted by molar-refractivity contribution is 6.37. The molecule has 106 valence electrons. The molecule has 0 aliphatic carbocycles. The number of hydrogen-bond acceptors (Lipinski definition) is 3. The second kappa shape index (κ2) is 5.81. The lowest BCUT2D eigenvalue weighted by atomic mass is 10.1. The van der Waals surface area contributed by atoms with Crippen molar-refractivity contribution in [3.63, 3.8) is 0 Å². The van der Waals surface area contributed by atoms with Crippen LogP contribution in [0.15, 0.2) is 18.2 Å². The highest BCUT2D eigenvalue weighted by Crippen LogP contribution is 2.21. The van der Waals surface area contributed by atoms with Crippen molar-refractivity contribution >= 4 is 40.8 Å². The van der Waals surface area contributed by atoms with Crippen LogP contribution < -0.4 is 0 Å². The van der Waals surface area contributed by atoms with E-state index in [-0.39, 0.29) is 22.9 Å². The number of likely N-dealkylation sites (N-methyl/N-ethyl adjacent to an activating group) is 1. The zero-order valence-electron chi connectivity index (χ0n) is 10.7. The first-order valence-corrected chi connectivity index (χ1v) is 6.68. The van der Waals surface area contributed by atoms with Crippen LogP contribution in [0.1, 0.15) is 10.4 Å². The molecule has 0 radical (unpaired) electrons. The van der Waals surface area contributed by atoms with E-state index < -0.39 is 11.8 Å². The maximum Gasteiger partial charge on any atom is 0.312 e. The molecule has 1 aromatic rings. The normalized spacial score (nSPS) is 15.8. The van der Waals surface area contributed by atoms with Gasteiger partial charge in [-0.2, -0.15) is 0 Å². The van der Waals surface area contributed by atoms with Crippen molar-refractivity contribution in [1.29, 1.82) is 0 Å². The molecule has 20 heavy (non-hydrogen) atoms. The maximum absolute atomic E-state index is 12.2. The third kappa shape index (κ3) is 2.94. The van der Waals surface area contributed by atoms with Crippen molar-refractivity contribution in [2.75, 3.05) is 26.7 Å². The molecule has 0 spiro atoms. The summed E-state index contributed by atoms with van der Waals surface area (Å²) in [6, 6.07) is 4.55. The lowest BCUT2D eigenvalue weighted by Gasteiger charge is -2.30. The van der Waals surface area contributed by atoms with Gasteiger partial charge in [0.15, 0.2) is 5.78 Å². The first-order valence-electron chi connectivity index (χ1n) is 5.93. The standard InChI is InChI=1S/C13H12Cl2N2O3/c1-16-4-5-17(13(20)12(16)19)7-11(18)9-6-8(14)2-3-10(9)15/h2-3,6H,4-5,7H2,1H3. The highest BCUT2D eigenvalue weighted by atomic mass is 35.5. The fraction of sp³-hybridized carbons (Fsp3) is 0.308. The lowest BCUT2D eigenvalue weighted by molar-refractivity contribution is -0.154. The largest absolute Gasteiger partial charge is 0.336 e. The zero-order chi connectivity index (χ0) is 14.9. The molecular weight excluding hydrogens is 303 g/mol. The van der Waals surface area contributed by atoms with E-state index in [4.69, 9.17) is 23.2 Å². The molecule has 7 heteroatoms. The molecule has 2 amide bonds. The zero-order valence-corrected chi connectivity index (χ0v) is 12.2. The summed E-state index contributed by atoms with van der Waals surface area (Å²) < 4.78 is 0. The fourth-order valence-corrected chi connectivity index (χ4v) is 2.29. The van der Waals surface area contributed by atoms with Gasteiger partial charge in [0, 0.05) is 30.7 Å². The van der Waals surface area contributed by atoms with Crippen LogP contribution in [0, 0.1) is 0 Å². The van der Waals surface area contributed by atoms with Gasteiger partial charge in [-0.05, 0) is 18.2 Å². The van der Waals surface area contributed by atoms with Crippen molar-refractivity contribution in [1.82, 2.24) is 9.80 Å². The number of halogens is 2. The number of Topliss-reactive ketones (excluding diaryl/α,β-unsaturated/α-hetero) is 1. The van der Waals surface area contributed by atoms with E-state index >= 15 is 0 Å². The van der Waals surface area contributed by atoms with Gasteiger partial charge in [0.2, 0.25) is 0 Å². The average molecular weight is 315 g/mol. The molecule has 0 unspecified atom stereocenters. The molecule has 5 nitrogen and oxygen atoms in total. The van der Waals surface area contributed by atoms with E-state index in [1.165, 1.54) is 21.9 Å². The Kier molecular flexibility index (Phi) is 4.30. The number of carbonyl (C=O) groups is 3. The van der Waals surface area contributed by atoms with Crippen LogP contribution in [0.5, 0.6) is 0 Å². The minimum atomic E-state index is -0.676. The third-order valence-corrected chi connectivity index (χ3v) is 3.65. The molecule has 2 rings (SSSR count). The topological polar surface area (TPSA) is 57.7 Å². The molecule has 1 aromatic carbocycles. The quantitative estimate of drug-likeness (QED) is 0.627. The van der Waals surface area contributed by atoms with Crippen molar-refractivity contribution in [3.8, 4) is 0 Å². The minimum absolute atomic E-state index is 0.182.